The van der Waals surface area contributed by atoms with E-state index in [2.05, 4.69) is 32.4 Å². The zero-order valence-electron chi connectivity index (χ0n) is 18.7. The summed E-state index contributed by atoms with van der Waals surface area (Å²) >= 11 is 0. The molecule has 2 aromatic carbocycles. The van der Waals surface area contributed by atoms with E-state index in [-0.39, 0.29) is 5.95 Å². The van der Waals surface area contributed by atoms with Crippen LogP contribution in [0.4, 0.5) is 17.3 Å². The number of likely N-dealkylation sites (tertiary alicyclic amines) is 1. The molecule has 2 aliphatic rings. The fourth-order valence-electron chi connectivity index (χ4n) is 4.34. The summed E-state index contributed by atoms with van der Waals surface area (Å²) in [7, 11) is 1.62. The highest BCUT2D eigenvalue weighted by Gasteiger charge is 2.22. The molecule has 0 amide bonds. The Morgan fingerprint density at radius 3 is 2.79 bits per heavy atom. The van der Waals surface area contributed by atoms with Crippen molar-refractivity contribution in [2.24, 2.45) is 0 Å². The number of hydrogen-bond donors (Lipinski definition) is 2. The standard InChI is InChI=1S/C26H27N5O2/c1-33-22-9-7-21(8-10-22)29-26-28-18-20-12-13-27-24-17-19(5-4-16-30-14-2-3-15-30)6-11-23(24)25(20)31(26)32/h6-11,17-18,27H,2-3,12-16H2,1H3,(H,28,29). The average molecular weight is 442 g/mol. The number of aromatic nitrogens is 2. The zero-order valence-corrected chi connectivity index (χ0v) is 18.7. The Hall–Kier alpha value is -3.76. The van der Waals surface area contributed by atoms with Gasteiger partial charge in [-0.2, -0.15) is 0 Å². The molecule has 0 unspecified atom stereocenters. The minimum absolute atomic E-state index is 0.237. The van der Waals surface area contributed by atoms with Crippen LogP contribution in [0.3, 0.4) is 0 Å². The van der Waals surface area contributed by atoms with Gasteiger partial charge in [-0.05, 0) is 74.8 Å². The predicted molar refractivity (Wildman–Crippen MR) is 130 cm³/mol. The summed E-state index contributed by atoms with van der Waals surface area (Å²) < 4.78 is 6.09. The molecule has 168 valence electrons. The Labute approximate surface area is 194 Å². The van der Waals surface area contributed by atoms with Crippen molar-refractivity contribution in [1.82, 2.24) is 9.88 Å². The first-order chi connectivity index (χ1) is 16.2. The van der Waals surface area contributed by atoms with Crippen molar-refractivity contribution in [2.45, 2.75) is 19.3 Å². The van der Waals surface area contributed by atoms with Crippen LogP contribution in [0, 0.1) is 17.0 Å². The van der Waals surface area contributed by atoms with Gasteiger partial charge in [0.1, 0.15) is 17.6 Å². The van der Waals surface area contributed by atoms with Gasteiger partial charge in [0.05, 0.1) is 19.3 Å². The summed E-state index contributed by atoms with van der Waals surface area (Å²) in [5.41, 5.74) is 5.05. The predicted octanol–water partition coefficient (Wildman–Crippen LogP) is 3.55. The number of methoxy groups -OCH3 is 1. The normalized spacial score (nSPS) is 14.8. The van der Waals surface area contributed by atoms with E-state index >= 15 is 0 Å². The van der Waals surface area contributed by atoms with Crippen molar-refractivity contribution in [3.05, 3.63) is 65.0 Å². The molecule has 7 nitrogen and oxygen atoms in total. The molecule has 2 aliphatic heterocycles. The van der Waals surface area contributed by atoms with Crippen LogP contribution in [0.1, 0.15) is 24.0 Å². The van der Waals surface area contributed by atoms with E-state index in [1.807, 2.05) is 42.5 Å². The van der Waals surface area contributed by atoms with Gasteiger partial charge in [-0.1, -0.05) is 16.8 Å². The van der Waals surface area contributed by atoms with E-state index in [1.165, 1.54) is 12.8 Å². The number of nitrogens with one attached hydrogen (secondary N) is 2. The highest BCUT2D eigenvalue weighted by Crippen LogP contribution is 2.32. The maximum atomic E-state index is 13.4. The molecule has 33 heavy (non-hydrogen) atoms. The number of rotatable bonds is 4. The Morgan fingerprint density at radius 2 is 2.00 bits per heavy atom. The van der Waals surface area contributed by atoms with Gasteiger partial charge < -0.3 is 15.3 Å². The molecule has 0 bridgehead atoms. The summed E-state index contributed by atoms with van der Waals surface area (Å²) in [4.78, 5) is 6.78. The van der Waals surface area contributed by atoms with E-state index in [4.69, 9.17) is 4.74 Å². The first-order valence-electron chi connectivity index (χ1n) is 11.3. The lowest BCUT2D eigenvalue weighted by Crippen LogP contribution is -2.35. The summed E-state index contributed by atoms with van der Waals surface area (Å²) in [5.74, 6) is 7.57. The lowest BCUT2D eigenvalue weighted by atomic mass is 10.0. The van der Waals surface area contributed by atoms with Crippen molar-refractivity contribution in [1.29, 1.82) is 0 Å². The number of fused-ring (bicyclic) bond motifs is 3. The Kier molecular flexibility index (Phi) is 6.01. The second kappa shape index (κ2) is 9.39. The summed E-state index contributed by atoms with van der Waals surface area (Å²) in [5, 5.41) is 20.0. The minimum atomic E-state index is 0.237. The number of ether oxygens (including phenoxy) is 1. The largest absolute Gasteiger partial charge is 0.740 e. The van der Waals surface area contributed by atoms with Crippen molar-refractivity contribution in [3.8, 4) is 28.8 Å². The Morgan fingerprint density at radius 1 is 1.18 bits per heavy atom. The van der Waals surface area contributed by atoms with E-state index in [0.29, 0.717) is 5.69 Å². The van der Waals surface area contributed by atoms with Gasteiger partial charge in [0.15, 0.2) is 0 Å². The van der Waals surface area contributed by atoms with Crippen LogP contribution in [-0.2, 0) is 6.42 Å². The molecule has 5 rings (SSSR count). The maximum absolute atomic E-state index is 13.4. The zero-order chi connectivity index (χ0) is 22.6. The van der Waals surface area contributed by atoms with Gasteiger partial charge in [-0.25, -0.2) is 10.0 Å². The van der Waals surface area contributed by atoms with Gasteiger partial charge in [-0.15, -0.1) is 0 Å². The summed E-state index contributed by atoms with van der Waals surface area (Å²) in [6, 6.07) is 13.4. The first-order valence-corrected chi connectivity index (χ1v) is 11.3. The second-order valence-electron chi connectivity index (χ2n) is 8.33. The molecule has 0 spiro atoms. The average Bonchev–Trinajstić information content (AvgIpc) is 3.28. The third-order valence-corrected chi connectivity index (χ3v) is 6.11. The van der Waals surface area contributed by atoms with Crippen LogP contribution in [0.2, 0.25) is 0 Å². The molecule has 0 saturated carbocycles. The summed E-state index contributed by atoms with van der Waals surface area (Å²) in [6.07, 6.45) is 5.04. The van der Waals surface area contributed by atoms with E-state index in [9.17, 15) is 5.21 Å². The topological polar surface area (TPSA) is 76.4 Å². The lowest BCUT2D eigenvalue weighted by molar-refractivity contribution is -0.581. The molecular weight excluding hydrogens is 414 g/mol. The maximum Gasteiger partial charge on any atom is 0.397 e. The highest BCUT2D eigenvalue weighted by atomic mass is 16.5. The number of nitrogens with zero attached hydrogens (tertiary/aromatic N) is 3. The van der Waals surface area contributed by atoms with Crippen molar-refractivity contribution >= 4 is 17.3 Å². The third-order valence-electron chi connectivity index (χ3n) is 6.11. The Bertz CT molecular complexity index is 1210. The van der Waals surface area contributed by atoms with Gasteiger partial charge >= 0.3 is 5.95 Å². The molecule has 3 aromatic rings. The van der Waals surface area contributed by atoms with E-state index in [0.717, 1.165) is 71.1 Å². The van der Waals surface area contributed by atoms with Gasteiger partial charge in [0, 0.05) is 28.9 Å². The molecule has 1 aromatic heterocycles. The monoisotopic (exact) mass is 441 g/mol. The number of hydrogen-bond acceptors (Lipinski definition) is 6. The molecule has 1 fully saturated rings. The summed E-state index contributed by atoms with van der Waals surface area (Å²) in [6.45, 7) is 3.82. The first kappa shape index (κ1) is 21.1. The van der Waals surface area contributed by atoms with Gasteiger partial charge in [-0.3, -0.25) is 4.90 Å². The molecule has 7 heteroatoms. The van der Waals surface area contributed by atoms with Crippen LogP contribution in [0.15, 0.2) is 48.7 Å². The van der Waals surface area contributed by atoms with Crippen molar-refractivity contribution < 1.29 is 9.47 Å². The number of anilines is 3. The molecule has 0 radical (unpaired) electrons. The van der Waals surface area contributed by atoms with E-state index < -0.39 is 0 Å². The van der Waals surface area contributed by atoms with Crippen LogP contribution >= 0.6 is 0 Å². The van der Waals surface area contributed by atoms with Crippen LogP contribution in [0.25, 0.3) is 11.3 Å². The highest BCUT2D eigenvalue weighted by molar-refractivity contribution is 5.78. The lowest BCUT2D eigenvalue weighted by Gasteiger charge is -2.17. The minimum Gasteiger partial charge on any atom is -0.740 e. The molecule has 1 saturated heterocycles. The van der Waals surface area contributed by atoms with Crippen molar-refractivity contribution in [2.75, 3.05) is 43.9 Å². The smallest absolute Gasteiger partial charge is 0.397 e. The second-order valence-corrected chi connectivity index (χ2v) is 8.33. The third kappa shape index (κ3) is 4.57. The fraction of sp³-hybridized carbons (Fsp3) is 0.308. The van der Waals surface area contributed by atoms with Gasteiger partial charge in [0.25, 0.3) is 0 Å². The molecule has 0 atom stereocenters. The van der Waals surface area contributed by atoms with E-state index in [1.54, 1.807) is 13.3 Å². The van der Waals surface area contributed by atoms with Crippen LogP contribution < -0.4 is 20.1 Å². The van der Waals surface area contributed by atoms with Crippen LogP contribution in [-0.4, -0.2) is 43.2 Å². The van der Waals surface area contributed by atoms with Crippen molar-refractivity contribution in [3.63, 3.8) is 0 Å². The fourth-order valence-corrected chi connectivity index (χ4v) is 4.34. The number of benzene rings is 2. The molecule has 3 heterocycles. The molecule has 0 aliphatic carbocycles. The SMILES string of the molecule is COc1ccc(Nc2ncc3c([n+]2[O-])-c2ccc(C#CCN4CCCC4)cc2NCC3)cc1. The van der Waals surface area contributed by atoms with Crippen LogP contribution in [0.5, 0.6) is 5.75 Å². The Balaban J connectivity index is 1.43. The quantitative estimate of drug-likeness (QED) is 0.366. The molecular formula is C26H27N5O2. The van der Waals surface area contributed by atoms with Gasteiger partial charge in [0.2, 0.25) is 0 Å². The molecule has 2 N–H and O–H groups in total.